The molecule has 0 unspecified atom stereocenters. The Kier molecular flexibility index (Phi) is 23.3. The molecule has 0 rings (SSSR count). The maximum atomic E-state index is 5.53. The Hall–Kier alpha value is -0.0800. The zero-order chi connectivity index (χ0) is 12.5. The number of rotatable bonds is 10. The van der Waals surface area contributed by atoms with Gasteiger partial charge in [-0.3, -0.25) is 0 Å². The van der Waals surface area contributed by atoms with Crippen LogP contribution < -0.4 is 5.32 Å². The van der Waals surface area contributed by atoms with Gasteiger partial charge < -0.3 is 10.1 Å². The third-order valence-corrected chi connectivity index (χ3v) is 2.28. The average Bonchev–Trinajstić information content (AvgIpc) is 2.28. The lowest BCUT2D eigenvalue weighted by Crippen LogP contribution is -1.96. The summed E-state index contributed by atoms with van der Waals surface area (Å²) in [6.07, 6.45) is 10.5. The summed E-state index contributed by atoms with van der Waals surface area (Å²) in [6, 6.07) is 0. The molecule has 0 saturated heterocycles. The van der Waals surface area contributed by atoms with Crippen molar-refractivity contribution in [1.29, 1.82) is 0 Å². The fraction of sp³-hybridized carbons (Fsp3) is 1.00. The van der Waals surface area contributed by atoms with Crippen molar-refractivity contribution in [3.05, 3.63) is 0 Å². The highest BCUT2D eigenvalue weighted by atomic mass is 16.5. The second-order valence-electron chi connectivity index (χ2n) is 4.23. The smallest absolute Gasteiger partial charge is 0.0466 e. The van der Waals surface area contributed by atoms with Crippen LogP contribution in [0.15, 0.2) is 0 Å². The lowest BCUT2D eigenvalue weighted by Gasteiger charge is -2.03. The van der Waals surface area contributed by atoms with Crippen LogP contribution in [0.25, 0.3) is 0 Å². The van der Waals surface area contributed by atoms with Crippen molar-refractivity contribution in [2.24, 2.45) is 0 Å². The van der Waals surface area contributed by atoms with E-state index in [-0.39, 0.29) is 0 Å². The van der Waals surface area contributed by atoms with Crippen LogP contribution in [0.3, 0.4) is 0 Å². The van der Waals surface area contributed by atoms with Gasteiger partial charge in [0.25, 0.3) is 0 Å². The van der Waals surface area contributed by atoms with Crippen LogP contribution in [0, 0.1) is 0 Å². The SMILES string of the molecule is CCCCCCOCCCCCC.CNC. The molecule has 0 heterocycles. The Morgan fingerprint density at radius 1 is 0.688 bits per heavy atom. The molecule has 0 amide bonds. The highest BCUT2D eigenvalue weighted by molar-refractivity contribution is 4.41. The van der Waals surface area contributed by atoms with Gasteiger partial charge >= 0.3 is 0 Å². The van der Waals surface area contributed by atoms with Crippen LogP contribution >= 0.6 is 0 Å². The van der Waals surface area contributed by atoms with Crippen molar-refractivity contribution in [1.82, 2.24) is 5.32 Å². The largest absolute Gasteiger partial charge is 0.381 e. The van der Waals surface area contributed by atoms with E-state index in [9.17, 15) is 0 Å². The molecule has 0 bridgehead atoms. The van der Waals surface area contributed by atoms with Crippen LogP contribution in [0.4, 0.5) is 0 Å². The van der Waals surface area contributed by atoms with Gasteiger partial charge in [-0.1, -0.05) is 52.4 Å². The minimum absolute atomic E-state index is 0.978. The van der Waals surface area contributed by atoms with Gasteiger partial charge in [0.05, 0.1) is 0 Å². The molecule has 2 heteroatoms. The topological polar surface area (TPSA) is 21.3 Å². The minimum atomic E-state index is 0.978. The Morgan fingerprint density at radius 3 is 1.38 bits per heavy atom. The van der Waals surface area contributed by atoms with E-state index >= 15 is 0 Å². The second-order valence-corrected chi connectivity index (χ2v) is 4.23. The molecule has 1 N–H and O–H groups in total. The summed E-state index contributed by atoms with van der Waals surface area (Å²) in [5.41, 5.74) is 0. The normalized spacial score (nSPS) is 9.75. The summed E-state index contributed by atoms with van der Waals surface area (Å²) in [4.78, 5) is 0. The van der Waals surface area contributed by atoms with Crippen molar-refractivity contribution in [3.8, 4) is 0 Å². The van der Waals surface area contributed by atoms with E-state index in [1.807, 2.05) is 14.1 Å². The summed E-state index contributed by atoms with van der Waals surface area (Å²) in [5.74, 6) is 0. The van der Waals surface area contributed by atoms with Crippen molar-refractivity contribution in [3.63, 3.8) is 0 Å². The third-order valence-electron chi connectivity index (χ3n) is 2.28. The Bertz CT molecular complexity index is 86.7. The maximum absolute atomic E-state index is 5.53. The molecule has 0 aliphatic rings. The van der Waals surface area contributed by atoms with E-state index in [1.54, 1.807) is 0 Å². The van der Waals surface area contributed by atoms with Crippen LogP contribution in [-0.2, 0) is 4.74 Å². The van der Waals surface area contributed by atoms with Gasteiger partial charge in [0.2, 0.25) is 0 Å². The molecule has 16 heavy (non-hydrogen) atoms. The molecule has 0 aromatic heterocycles. The van der Waals surface area contributed by atoms with Gasteiger partial charge in [-0.15, -0.1) is 0 Å². The lowest BCUT2D eigenvalue weighted by atomic mass is 10.2. The molecule has 0 fully saturated rings. The molecule has 0 aliphatic heterocycles. The first-order valence-corrected chi connectivity index (χ1v) is 6.99. The van der Waals surface area contributed by atoms with E-state index in [0.717, 1.165) is 13.2 Å². The van der Waals surface area contributed by atoms with Gasteiger partial charge in [-0.05, 0) is 26.9 Å². The van der Waals surface area contributed by atoms with Crippen molar-refractivity contribution in [2.45, 2.75) is 65.2 Å². The van der Waals surface area contributed by atoms with Gasteiger partial charge in [0, 0.05) is 13.2 Å². The molecule has 0 aromatic carbocycles. The first kappa shape index (κ1) is 18.3. The minimum Gasteiger partial charge on any atom is -0.381 e. The van der Waals surface area contributed by atoms with Crippen LogP contribution in [0.2, 0.25) is 0 Å². The van der Waals surface area contributed by atoms with Gasteiger partial charge in [0.1, 0.15) is 0 Å². The summed E-state index contributed by atoms with van der Waals surface area (Å²) < 4.78 is 5.53. The molecule has 0 saturated carbocycles. The number of hydrogen-bond donors (Lipinski definition) is 1. The predicted octanol–water partition coefficient (Wildman–Crippen LogP) is 4.00. The van der Waals surface area contributed by atoms with Gasteiger partial charge in [-0.25, -0.2) is 0 Å². The molecule has 2 nitrogen and oxygen atoms in total. The standard InChI is InChI=1S/C12H26O.C2H7N/c1-3-5-7-9-11-13-12-10-8-6-4-2;1-3-2/h3-12H2,1-2H3;3H,1-2H3. The Balaban J connectivity index is 0. The van der Waals surface area contributed by atoms with E-state index in [0.29, 0.717) is 0 Å². The summed E-state index contributed by atoms with van der Waals surface area (Å²) in [6.45, 7) is 6.44. The molecular weight excluding hydrogens is 198 g/mol. The van der Waals surface area contributed by atoms with Gasteiger partial charge in [-0.2, -0.15) is 0 Å². The number of ether oxygens (including phenoxy) is 1. The maximum Gasteiger partial charge on any atom is 0.0466 e. The van der Waals surface area contributed by atoms with E-state index in [2.05, 4.69) is 19.2 Å². The van der Waals surface area contributed by atoms with Crippen molar-refractivity contribution < 1.29 is 4.74 Å². The average molecular weight is 231 g/mol. The van der Waals surface area contributed by atoms with E-state index in [1.165, 1.54) is 51.4 Å². The first-order chi connectivity index (χ1) is 7.83. The van der Waals surface area contributed by atoms with Crippen LogP contribution in [0.1, 0.15) is 65.2 Å². The highest BCUT2D eigenvalue weighted by Crippen LogP contribution is 2.01. The fourth-order valence-electron chi connectivity index (χ4n) is 1.36. The van der Waals surface area contributed by atoms with Crippen molar-refractivity contribution in [2.75, 3.05) is 27.3 Å². The van der Waals surface area contributed by atoms with Crippen molar-refractivity contribution >= 4 is 0 Å². The number of nitrogens with one attached hydrogen (secondary N) is 1. The Labute approximate surface area is 103 Å². The van der Waals surface area contributed by atoms with E-state index in [4.69, 9.17) is 4.74 Å². The highest BCUT2D eigenvalue weighted by Gasteiger charge is 1.90. The molecule has 0 aliphatic carbocycles. The molecular formula is C14H33NO. The Morgan fingerprint density at radius 2 is 1.06 bits per heavy atom. The van der Waals surface area contributed by atoms with Crippen LogP contribution in [-0.4, -0.2) is 27.3 Å². The molecule has 100 valence electrons. The second kappa shape index (κ2) is 20.3. The zero-order valence-electron chi connectivity index (χ0n) is 12.0. The zero-order valence-corrected chi connectivity index (χ0v) is 12.0. The summed E-state index contributed by atoms with van der Waals surface area (Å²) >= 11 is 0. The number of unbranched alkanes of at least 4 members (excludes halogenated alkanes) is 6. The summed E-state index contributed by atoms with van der Waals surface area (Å²) in [5, 5.41) is 2.75. The molecule has 0 atom stereocenters. The first-order valence-electron chi connectivity index (χ1n) is 6.99. The predicted molar refractivity (Wildman–Crippen MR) is 74.1 cm³/mol. The third kappa shape index (κ3) is 23.6. The molecule has 0 spiro atoms. The van der Waals surface area contributed by atoms with Gasteiger partial charge in [0.15, 0.2) is 0 Å². The van der Waals surface area contributed by atoms with Crippen LogP contribution in [0.5, 0.6) is 0 Å². The fourth-order valence-corrected chi connectivity index (χ4v) is 1.36. The monoisotopic (exact) mass is 231 g/mol. The molecule has 0 aromatic rings. The number of hydrogen-bond acceptors (Lipinski definition) is 2. The lowest BCUT2D eigenvalue weighted by molar-refractivity contribution is 0.126. The molecule has 0 radical (unpaired) electrons. The van der Waals surface area contributed by atoms with E-state index < -0.39 is 0 Å². The quantitative estimate of drug-likeness (QED) is 0.574. The summed E-state index contributed by atoms with van der Waals surface area (Å²) in [7, 11) is 3.75.